The number of rotatable bonds is 6. The zero-order chi connectivity index (χ0) is 22.7. The number of carbonyl (C=O) groups is 1. The SMILES string of the molecule is CCCc1cc2ncc(CN3CCN(c4ccc(C(=O)NC)nc4C)CC3)cc2[nH]c1=O. The lowest BCUT2D eigenvalue weighted by molar-refractivity contribution is 0.0958. The predicted molar refractivity (Wildman–Crippen MR) is 126 cm³/mol. The van der Waals surface area contributed by atoms with E-state index in [2.05, 4.69) is 37.0 Å². The van der Waals surface area contributed by atoms with Crippen LogP contribution in [0.15, 0.2) is 35.3 Å². The van der Waals surface area contributed by atoms with E-state index in [0.29, 0.717) is 5.69 Å². The van der Waals surface area contributed by atoms with Crippen LogP contribution in [0.25, 0.3) is 11.0 Å². The van der Waals surface area contributed by atoms with E-state index in [4.69, 9.17) is 0 Å². The van der Waals surface area contributed by atoms with Crippen molar-refractivity contribution in [2.24, 2.45) is 0 Å². The van der Waals surface area contributed by atoms with Crippen LogP contribution in [0.3, 0.4) is 0 Å². The lowest BCUT2D eigenvalue weighted by Gasteiger charge is -2.36. The lowest BCUT2D eigenvalue weighted by Crippen LogP contribution is -2.46. The van der Waals surface area contributed by atoms with Crippen LogP contribution in [0, 0.1) is 6.92 Å². The second kappa shape index (κ2) is 9.48. The quantitative estimate of drug-likeness (QED) is 0.618. The molecule has 1 aliphatic heterocycles. The summed E-state index contributed by atoms with van der Waals surface area (Å²) in [5, 5.41) is 2.61. The number of hydrogen-bond acceptors (Lipinski definition) is 6. The molecule has 168 valence electrons. The Morgan fingerprint density at radius 3 is 2.66 bits per heavy atom. The van der Waals surface area contributed by atoms with Gasteiger partial charge >= 0.3 is 0 Å². The Kier molecular flexibility index (Phi) is 6.50. The smallest absolute Gasteiger partial charge is 0.269 e. The van der Waals surface area contributed by atoms with Crippen molar-refractivity contribution in [1.29, 1.82) is 0 Å². The number of anilines is 1. The highest BCUT2D eigenvalue weighted by atomic mass is 16.1. The first-order chi connectivity index (χ1) is 15.5. The minimum absolute atomic E-state index is 0.0154. The van der Waals surface area contributed by atoms with Gasteiger partial charge in [-0.1, -0.05) is 13.3 Å². The molecular formula is C24H30N6O2. The maximum atomic E-state index is 12.3. The molecule has 0 unspecified atom stereocenters. The van der Waals surface area contributed by atoms with Crippen molar-refractivity contribution in [2.45, 2.75) is 33.2 Å². The Hall–Kier alpha value is -3.26. The Bertz CT molecular complexity index is 1180. The molecule has 1 fully saturated rings. The van der Waals surface area contributed by atoms with Gasteiger partial charge in [0.05, 0.1) is 22.4 Å². The molecule has 2 N–H and O–H groups in total. The van der Waals surface area contributed by atoms with Gasteiger partial charge < -0.3 is 15.2 Å². The number of pyridine rings is 3. The molecule has 0 atom stereocenters. The zero-order valence-electron chi connectivity index (χ0n) is 18.9. The van der Waals surface area contributed by atoms with Gasteiger partial charge in [0, 0.05) is 51.5 Å². The van der Waals surface area contributed by atoms with Crippen molar-refractivity contribution >= 4 is 22.6 Å². The van der Waals surface area contributed by atoms with Crippen LogP contribution in [0.5, 0.6) is 0 Å². The molecule has 3 aromatic heterocycles. The number of H-pyrrole nitrogens is 1. The summed E-state index contributed by atoms with van der Waals surface area (Å²) in [6.07, 6.45) is 3.61. The van der Waals surface area contributed by atoms with Crippen LogP contribution in [-0.2, 0) is 13.0 Å². The summed E-state index contributed by atoms with van der Waals surface area (Å²) in [6, 6.07) is 7.71. The third kappa shape index (κ3) is 4.65. The second-order valence-electron chi connectivity index (χ2n) is 8.29. The fourth-order valence-electron chi connectivity index (χ4n) is 4.26. The van der Waals surface area contributed by atoms with E-state index >= 15 is 0 Å². The molecule has 3 aromatic rings. The molecular weight excluding hydrogens is 404 g/mol. The van der Waals surface area contributed by atoms with Crippen molar-refractivity contribution in [3.63, 3.8) is 0 Å². The number of aromatic nitrogens is 3. The fourth-order valence-corrected chi connectivity index (χ4v) is 4.26. The van der Waals surface area contributed by atoms with Gasteiger partial charge in [-0.25, -0.2) is 4.98 Å². The minimum Gasteiger partial charge on any atom is -0.368 e. The molecule has 1 aliphatic rings. The molecule has 8 heteroatoms. The highest BCUT2D eigenvalue weighted by molar-refractivity contribution is 5.92. The number of fused-ring (bicyclic) bond motifs is 1. The van der Waals surface area contributed by atoms with Gasteiger partial charge in [0.25, 0.3) is 11.5 Å². The second-order valence-corrected chi connectivity index (χ2v) is 8.29. The van der Waals surface area contributed by atoms with Crippen molar-refractivity contribution in [2.75, 3.05) is 38.1 Å². The van der Waals surface area contributed by atoms with Gasteiger partial charge in [0.15, 0.2) is 0 Å². The Morgan fingerprint density at radius 1 is 1.19 bits per heavy atom. The van der Waals surface area contributed by atoms with Crippen LogP contribution in [0.2, 0.25) is 0 Å². The molecule has 1 amide bonds. The first-order valence-electron chi connectivity index (χ1n) is 11.2. The van der Waals surface area contributed by atoms with Gasteiger partial charge in [0.2, 0.25) is 0 Å². The molecule has 0 spiro atoms. The number of nitrogens with zero attached hydrogens (tertiary/aromatic N) is 4. The molecule has 4 heterocycles. The molecule has 1 saturated heterocycles. The summed E-state index contributed by atoms with van der Waals surface area (Å²) in [5.74, 6) is -0.170. The number of hydrogen-bond donors (Lipinski definition) is 2. The van der Waals surface area contributed by atoms with E-state index in [-0.39, 0.29) is 11.5 Å². The van der Waals surface area contributed by atoms with Gasteiger partial charge in [-0.15, -0.1) is 0 Å². The maximum Gasteiger partial charge on any atom is 0.269 e. The molecule has 0 saturated carbocycles. The predicted octanol–water partition coefficient (Wildman–Crippen LogP) is 2.26. The fraction of sp³-hybridized carbons (Fsp3) is 0.417. The van der Waals surface area contributed by atoms with Crippen LogP contribution >= 0.6 is 0 Å². The molecule has 8 nitrogen and oxygen atoms in total. The summed E-state index contributed by atoms with van der Waals surface area (Å²) in [4.78, 5) is 40.8. The number of nitrogens with one attached hydrogen (secondary N) is 2. The topological polar surface area (TPSA) is 94.2 Å². The van der Waals surface area contributed by atoms with E-state index in [1.807, 2.05) is 31.3 Å². The van der Waals surface area contributed by atoms with E-state index in [1.165, 1.54) is 0 Å². The summed E-state index contributed by atoms with van der Waals surface area (Å²) in [6.45, 7) is 8.42. The lowest BCUT2D eigenvalue weighted by atomic mass is 10.1. The first kappa shape index (κ1) is 22.0. The normalized spacial score (nSPS) is 14.7. The van der Waals surface area contributed by atoms with Gasteiger partial charge in [-0.2, -0.15) is 0 Å². The summed E-state index contributed by atoms with van der Waals surface area (Å²) < 4.78 is 0. The number of amides is 1. The third-order valence-electron chi connectivity index (χ3n) is 5.98. The molecule has 32 heavy (non-hydrogen) atoms. The molecule has 0 aliphatic carbocycles. The van der Waals surface area contributed by atoms with Crippen LogP contribution in [-0.4, -0.2) is 59.0 Å². The van der Waals surface area contributed by atoms with E-state index in [0.717, 1.165) is 79.1 Å². The Balaban J connectivity index is 1.41. The highest BCUT2D eigenvalue weighted by Crippen LogP contribution is 2.21. The van der Waals surface area contributed by atoms with Crippen molar-refractivity contribution in [1.82, 2.24) is 25.2 Å². The zero-order valence-corrected chi connectivity index (χ0v) is 18.9. The third-order valence-corrected chi connectivity index (χ3v) is 5.98. The highest BCUT2D eigenvalue weighted by Gasteiger charge is 2.20. The largest absolute Gasteiger partial charge is 0.368 e. The average molecular weight is 435 g/mol. The van der Waals surface area contributed by atoms with Gasteiger partial charge in [0.1, 0.15) is 5.69 Å². The Morgan fingerprint density at radius 2 is 1.97 bits per heavy atom. The summed E-state index contributed by atoms with van der Waals surface area (Å²) >= 11 is 0. The van der Waals surface area contributed by atoms with Gasteiger partial charge in [-0.05, 0) is 43.2 Å². The standard InChI is InChI=1S/C24H30N6O2/c1-4-5-18-13-20-21(28-23(18)31)12-17(14-26-20)15-29-8-10-30(11-9-29)22-7-6-19(24(32)25-3)27-16(22)2/h6-7,12-14H,4-5,8-11,15H2,1-3H3,(H,25,32)(H,28,31). The molecule has 0 bridgehead atoms. The molecule has 0 aromatic carbocycles. The van der Waals surface area contributed by atoms with Crippen LogP contribution in [0.4, 0.5) is 5.69 Å². The monoisotopic (exact) mass is 434 g/mol. The summed E-state index contributed by atoms with van der Waals surface area (Å²) in [7, 11) is 1.61. The van der Waals surface area contributed by atoms with Crippen molar-refractivity contribution in [3.8, 4) is 0 Å². The number of piperazine rings is 1. The Labute approximate surface area is 187 Å². The van der Waals surface area contributed by atoms with Crippen LogP contribution in [0.1, 0.15) is 40.7 Å². The molecule has 4 rings (SSSR count). The van der Waals surface area contributed by atoms with E-state index in [9.17, 15) is 9.59 Å². The van der Waals surface area contributed by atoms with E-state index in [1.54, 1.807) is 13.1 Å². The van der Waals surface area contributed by atoms with Crippen LogP contribution < -0.4 is 15.8 Å². The van der Waals surface area contributed by atoms with Crippen molar-refractivity contribution in [3.05, 3.63) is 63.3 Å². The minimum atomic E-state index is -0.170. The molecule has 0 radical (unpaired) electrons. The number of aryl methyl sites for hydroxylation is 2. The average Bonchev–Trinajstić information content (AvgIpc) is 2.80. The number of carbonyl (C=O) groups excluding carboxylic acids is 1. The van der Waals surface area contributed by atoms with E-state index < -0.39 is 0 Å². The summed E-state index contributed by atoms with van der Waals surface area (Å²) in [5.41, 5.74) is 5.89. The first-order valence-corrected chi connectivity index (χ1v) is 11.2. The maximum absolute atomic E-state index is 12.3. The van der Waals surface area contributed by atoms with Crippen molar-refractivity contribution < 1.29 is 4.79 Å². The van der Waals surface area contributed by atoms with Gasteiger partial charge in [-0.3, -0.25) is 19.5 Å². The number of aromatic amines is 1.